The summed E-state index contributed by atoms with van der Waals surface area (Å²) in [5.41, 5.74) is 3.88. The molecule has 0 aliphatic heterocycles. The molecular weight excluding hydrogens is 303 g/mol. The van der Waals surface area contributed by atoms with E-state index >= 15 is 0 Å². The zero-order valence-electron chi connectivity index (χ0n) is 13.1. The third kappa shape index (κ3) is 4.04. The highest BCUT2D eigenvalue weighted by Gasteiger charge is 2.07. The lowest BCUT2D eigenvalue weighted by Gasteiger charge is -2.11. The second kappa shape index (κ2) is 7.51. The van der Waals surface area contributed by atoms with Gasteiger partial charge in [0.2, 0.25) is 5.91 Å². The number of aromatic nitrogens is 1. The van der Waals surface area contributed by atoms with Gasteiger partial charge in [0, 0.05) is 24.5 Å². The van der Waals surface area contributed by atoms with Gasteiger partial charge in [-0.1, -0.05) is 42.5 Å². The van der Waals surface area contributed by atoms with Gasteiger partial charge >= 0.3 is 0 Å². The number of pyridine rings is 1. The van der Waals surface area contributed by atoms with Crippen molar-refractivity contribution in [2.45, 2.75) is 13.0 Å². The number of hydrogen-bond donors (Lipinski definition) is 1. The molecule has 0 saturated heterocycles. The molecule has 0 atom stereocenters. The van der Waals surface area contributed by atoms with Crippen LogP contribution in [0.3, 0.4) is 0 Å². The van der Waals surface area contributed by atoms with Gasteiger partial charge in [0.05, 0.1) is 6.42 Å². The summed E-state index contributed by atoms with van der Waals surface area (Å²) in [6.45, 7) is 0.436. The Bertz CT molecular complexity index is 817. The van der Waals surface area contributed by atoms with Crippen LogP contribution in [-0.4, -0.2) is 10.9 Å². The largest absolute Gasteiger partial charge is 0.352 e. The number of halogens is 1. The Morgan fingerprint density at radius 3 is 2.54 bits per heavy atom. The molecule has 0 saturated carbocycles. The van der Waals surface area contributed by atoms with E-state index in [0.29, 0.717) is 6.54 Å². The van der Waals surface area contributed by atoms with Gasteiger partial charge in [-0.2, -0.15) is 0 Å². The van der Waals surface area contributed by atoms with Crippen molar-refractivity contribution < 1.29 is 9.18 Å². The second-order valence-corrected chi connectivity index (χ2v) is 5.48. The van der Waals surface area contributed by atoms with Crippen molar-refractivity contribution in [3.63, 3.8) is 0 Å². The molecular formula is C20H17FN2O. The van der Waals surface area contributed by atoms with Gasteiger partial charge in [-0.3, -0.25) is 9.78 Å². The lowest BCUT2D eigenvalue weighted by atomic mass is 10.0. The van der Waals surface area contributed by atoms with Gasteiger partial charge in [0.1, 0.15) is 5.82 Å². The molecule has 0 unspecified atom stereocenters. The van der Waals surface area contributed by atoms with Gasteiger partial charge in [-0.25, -0.2) is 4.39 Å². The SMILES string of the molecule is O=C(Cc1ccc(F)cc1)NCc1ccccc1-c1cccnc1. The molecule has 1 N–H and O–H groups in total. The second-order valence-electron chi connectivity index (χ2n) is 5.48. The molecule has 0 bridgehead atoms. The molecule has 24 heavy (non-hydrogen) atoms. The Morgan fingerprint density at radius 1 is 1.00 bits per heavy atom. The van der Waals surface area contributed by atoms with E-state index in [0.717, 1.165) is 22.3 Å². The van der Waals surface area contributed by atoms with Crippen LogP contribution >= 0.6 is 0 Å². The van der Waals surface area contributed by atoms with E-state index in [1.165, 1.54) is 12.1 Å². The number of hydrogen-bond acceptors (Lipinski definition) is 2. The molecule has 3 nitrogen and oxygen atoms in total. The lowest BCUT2D eigenvalue weighted by molar-refractivity contribution is -0.120. The monoisotopic (exact) mass is 320 g/mol. The Balaban J connectivity index is 1.66. The standard InChI is InChI=1S/C20H17FN2O/c21-18-9-7-15(8-10-18)12-20(24)23-14-17-4-1-2-6-19(17)16-5-3-11-22-13-16/h1-11,13H,12,14H2,(H,23,24). The molecule has 1 aromatic heterocycles. The quantitative estimate of drug-likeness (QED) is 0.778. The molecule has 0 fully saturated rings. The van der Waals surface area contributed by atoms with Crippen LogP contribution in [0.5, 0.6) is 0 Å². The van der Waals surface area contributed by atoms with Crippen LogP contribution in [0.4, 0.5) is 4.39 Å². The molecule has 4 heteroatoms. The van der Waals surface area contributed by atoms with Gasteiger partial charge in [-0.05, 0) is 34.9 Å². The Kier molecular flexibility index (Phi) is 4.96. The van der Waals surface area contributed by atoms with E-state index in [2.05, 4.69) is 10.3 Å². The van der Waals surface area contributed by atoms with Crippen molar-refractivity contribution in [1.82, 2.24) is 10.3 Å². The number of carbonyl (C=O) groups is 1. The van der Waals surface area contributed by atoms with Crippen molar-refractivity contribution in [2.24, 2.45) is 0 Å². The van der Waals surface area contributed by atoms with Crippen molar-refractivity contribution in [3.05, 3.63) is 90.0 Å². The Labute approximate surface area is 140 Å². The van der Waals surface area contributed by atoms with Crippen LogP contribution in [0.25, 0.3) is 11.1 Å². The van der Waals surface area contributed by atoms with Crippen LogP contribution in [0, 0.1) is 5.82 Å². The van der Waals surface area contributed by atoms with E-state index < -0.39 is 0 Å². The number of nitrogens with one attached hydrogen (secondary N) is 1. The Hall–Kier alpha value is -3.01. The summed E-state index contributed by atoms with van der Waals surface area (Å²) < 4.78 is 12.9. The van der Waals surface area contributed by atoms with Gasteiger partial charge in [0.25, 0.3) is 0 Å². The predicted molar refractivity (Wildman–Crippen MR) is 91.6 cm³/mol. The van der Waals surface area contributed by atoms with E-state index in [4.69, 9.17) is 0 Å². The summed E-state index contributed by atoms with van der Waals surface area (Å²) >= 11 is 0. The van der Waals surface area contributed by atoms with Crippen LogP contribution in [0.15, 0.2) is 73.1 Å². The van der Waals surface area contributed by atoms with Crippen molar-refractivity contribution in [1.29, 1.82) is 0 Å². The maximum Gasteiger partial charge on any atom is 0.224 e. The normalized spacial score (nSPS) is 10.4. The Morgan fingerprint density at radius 2 is 1.79 bits per heavy atom. The lowest BCUT2D eigenvalue weighted by Crippen LogP contribution is -2.24. The minimum Gasteiger partial charge on any atom is -0.352 e. The van der Waals surface area contributed by atoms with Crippen LogP contribution in [0.1, 0.15) is 11.1 Å². The van der Waals surface area contributed by atoms with Gasteiger partial charge < -0.3 is 5.32 Å². The highest BCUT2D eigenvalue weighted by atomic mass is 19.1. The number of rotatable bonds is 5. The average Bonchev–Trinajstić information content (AvgIpc) is 2.63. The fourth-order valence-corrected chi connectivity index (χ4v) is 2.52. The minimum atomic E-state index is -0.301. The molecule has 0 spiro atoms. The maximum atomic E-state index is 12.9. The van der Waals surface area contributed by atoms with Crippen LogP contribution in [-0.2, 0) is 17.8 Å². The molecule has 0 radical (unpaired) electrons. The number of nitrogens with zero attached hydrogens (tertiary/aromatic N) is 1. The summed E-state index contributed by atoms with van der Waals surface area (Å²) in [4.78, 5) is 16.2. The number of amides is 1. The van der Waals surface area contributed by atoms with Gasteiger partial charge in [-0.15, -0.1) is 0 Å². The van der Waals surface area contributed by atoms with Crippen LogP contribution in [0.2, 0.25) is 0 Å². The summed E-state index contributed by atoms with van der Waals surface area (Å²) in [6, 6.07) is 17.8. The van der Waals surface area contributed by atoms with Crippen LogP contribution < -0.4 is 5.32 Å². The van der Waals surface area contributed by atoms with E-state index in [1.807, 2.05) is 36.4 Å². The van der Waals surface area contributed by atoms with E-state index in [9.17, 15) is 9.18 Å². The third-order valence-electron chi connectivity index (χ3n) is 3.74. The molecule has 1 amide bonds. The fourth-order valence-electron chi connectivity index (χ4n) is 2.52. The molecule has 3 aromatic rings. The molecule has 3 rings (SSSR count). The fraction of sp³-hybridized carbons (Fsp3) is 0.100. The first kappa shape index (κ1) is 15.9. The van der Waals surface area contributed by atoms with Crippen molar-refractivity contribution in [3.8, 4) is 11.1 Å². The van der Waals surface area contributed by atoms with E-state index in [1.54, 1.807) is 24.5 Å². The summed E-state index contributed by atoms with van der Waals surface area (Å²) in [7, 11) is 0. The molecule has 0 aliphatic carbocycles. The smallest absolute Gasteiger partial charge is 0.224 e. The first-order valence-corrected chi connectivity index (χ1v) is 7.72. The number of benzene rings is 2. The third-order valence-corrected chi connectivity index (χ3v) is 3.74. The first-order valence-electron chi connectivity index (χ1n) is 7.72. The topological polar surface area (TPSA) is 42.0 Å². The summed E-state index contributed by atoms with van der Waals surface area (Å²) in [5.74, 6) is -0.396. The highest BCUT2D eigenvalue weighted by molar-refractivity contribution is 5.79. The highest BCUT2D eigenvalue weighted by Crippen LogP contribution is 2.22. The maximum absolute atomic E-state index is 12.9. The summed E-state index contributed by atoms with van der Waals surface area (Å²) in [5, 5.41) is 2.92. The average molecular weight is 320 g/mol. The zero-order chi connectivity index (χ0) is 16.8. The van der Waals surface area contributed by atoms with Crippen molar-refractivity contribution in [2.75, 3.05) is 0 Å². The van der Waals surface area contributed by atoms with E-state index in [-0.39, 0.29) is 18.1 Å². The first-order chi connectivity index (χ1) is 11.7. The zero-order valence-corrected chi connectivity index (χ0v) is 13.1. The molecule has 1 heterocycles. The van der Waals surface area contributed by atoms with Gasteiger partial charge in [0.15, 0.2) is 0 Å². The molecule has 2 aromatic carbocycles. The number of carbonyl (C=O) groups excluding carboxylic acids is 1. The predicted octanol–water partition coefficient (Wildman–Crippen LogP) is 3.75. The molecule has 120 valence electrons. The summed E-state index contributed by atoms with van der Waals surface area (Å²) in [6.07, 6.45) is 3.77. The van der Waals surface area contributed by atoms with Crippen molar-refractivity contribution >= 4 is 5.91 Å². The molecule has 0 aliphatic rings. The minimum absolute atomic E-state index is 0.0948.